The van der Waals surface area contributed by atoms with Gasteiger partial charge >= 0.3 is 5.97 Å². The highest BCUT2D eigenvalue weighted by Gasteiger charge is 2.22. The van der Waals surface area contributed by atoms with Crippen molar-refractivity contribution in [3.05, 3.63) is 29.8 Å². The highest BCUT2D eigenvalue weighted by Crippen LogP contribution is 2.16. The SMILES string of the molecule is COC(=O)C(Nc1ccc(CN2CCOCC2)cc1)C(C)C. The van der Waals surface area contributed by atoms with Crippen LogP contribution in [0.5, 0.6) is 0 Å². The van der Waals surface area contributed by atoms with Gasteiger partial charge in [-0.2, -0.15) is 0 Å². The molecule has 1 atom stereocenters. The summed E-state index contributed by atoms with van der Waals surface area (Å²) in [6.07, 6.45) is 0. The third-order valence-corrected chi connectivity index (χ3v) is 3.91. The number of anilines is 1. The van der Waals surface area contributed by atoms with E-state index in [0.717, 1.165) is 38.5 Å². The number of ether oxygens (including phenoxy) is 2. The molecular formula is C17H26N2O3. The lowest BCUT2D eigenvalue weighted by Crippen LogP contribution is -2.36. The molecule has 1 aromatic carbocycles. The second kappa shape index (κ2) is 8.15. The number of nitrogens with zero attached hydrogens (tertiary/aromatic N) is 1. The Labute approximate surface area is 132 Å². The summed E-state index contributed by atoms with van der Waals surface area (Å²) >= 11 is 0. The van der Waals surface area contributed by atoms with Crippen molar-refractivity contribution < 1.29 is 14.3 Å². The number of hydrogen-bond donors (Lipinski definition) is 1. The summed E-state index contributed by atoms with van der Waals surface area (Å²) < 4.78 is 10.2. The maximum atomic E-state index is 11.8. The summed E-state index contributed by atoms with van der Waals surface area (Å²) in [5, 5.41) is 3.25. The molecule has 1 aliphatic heterocycles. The number of nitrogens with one attached hydrogen (secondary N) is 1. The van der Waals surface area contributed by atoms with Crippen LogP contribution in [0.4, 0.5) is 5.69 Å². The van der Waals surface area contributed by atoms with Gasteiger partial charge in [0.05, 0.1) is 20.3 Å². The molecule has 0 bridgehead atoms. The second-order valence-electron chi connectivity index (χ2n) is 5.97. The number of morpholine rings is 1. The van der Waals surface area contributed by atoms with Crippen LogP contribution >= 0.6 is 0 Å². The molecule has 1 heterocycles. The quantitative estimate of drug-likeness (QED) is 0.816. The summed E-state index contributed by atoms with van der Waals surface area (Å²) in [5.41, 5.74) is 2.21. The van der Waals surface area contributed by atoms with Crippen LogP contribution in [0.1, 0.15) is 19.4 Å². The maximum Gasteiger partial charge on any atom is 0.328 e. The second-order valence-corrected chi connectivity index (χ2v) is 5.97. The molecule has 1 unspecified atom stereocenters. The molecule has 1 aromatic rings. The van der Waals surface area contributed by atoms with Crippen LogP contribution in [0.2, 0.25) is 0 Å². The van der Waals surface area contributed by atoms with Crippen molar-refractivity contribution >= 4 is 11.7 Å². The van der Waals surface area contributed by atoms with E-state index in [1.54, 1.807) is 0 Å². The fourth-order valence-corrected chi connectivity index (χ4v) is 2.53. The van der Waals surface area contributed by atoms with E-state index >= 15 is 0 Å². The van der Waals surface area contributed by atoms with Gasteiger partial charge in [-0.15, -0.1) is 0 Å². The first-order valence-corrected chi connectivity index (χ1v) is 7.83. The van der Waals surface area contributed by atoms with Gasteiger partial charge in [-0.05, 0) is 23.6 Å². The van der Waals surface area contributed by atoms with E-state index in [2.05, 4.69) is 22.3 Å². The van der Waals surface area contributed by atoms with Gasteiger partial charge in [0.2, 0.25) is 0 Å². The molecule has 1 N–H and O–H groups in total. The Kier molecular flexibility index (Phi) is 6.21. The summed E-state index contributed by atoms with van der Waals surface area (Å²) in [6.45, 7) is 8.54. The molecule has 1 saturated heterocycles. The number of hydrogen-bond acceptors (Lipinski definition) is 5. The molecule has 22 heavy (non-hydrogen) atoms. The lowest BCUT2D eigenvalue weighted by molar-refractivity contribution is -0.142. The Morgan fingerprint density at radius 2 is 1.91 bits per heavy atom. The molecule has 5 nitrogen and oxygen atoms in total. The summed E-state index contributed by atoms with van der Waals surface area (Å²) in [5.74, 6) is -0.0622. The number of carbonyl (C=O) groups is 1. The predicted octanol–water partition coefficient (Wildman–Crippen LogP) is 2.13. The molecule has 0 amide bonds. The third-order valence-electron chi connectivity index (χ3n) is 3.91. The average Bonchev–Trinajstić information content (AvgIpc) is 2.54. The van der Waals surface area contributed by atoms with Crippen LogP contribution in [0, 0.1) is 5.92 Å². The predicted molar refractivity (Wildman–Crippen MR) is 86.8 cm³/mol. The number of esters is 1. The number of rotatable bonds is 6. The van der Waals surface area contributed by atoms with Crippen molar-refractivity contribution in [1.82, 2.24) is 4.90 Å². The number of carbonyl (C=O) groups excluding carboxylic acids is 1. The standard InChI is InChI=1S/C17H26N2O3/c1-13(2)16(17(20)21-3)18-15-6-4-14(5-7-15)12-19-8-10-22-11-9-19/h4-7,13,16,18H,8-12H2,1-3H3. The fraction of sp³-hybridized carbons (Fsp3) is 0.588. The third kappa shape index (κ3) is 4.71. The largest absolute Gasteiger partial charge is 0.467 e. The Hall–Kier alpha value is -1.59. The van der Waals surface area contributed by atoms with Gasteiger partial charge in [-0.1, -0.05) is 26.0 Å². The van der Waals surface area contributed by atoms with E-state index in [0.29, 0.717) is 0 Å². The molecule has 0 spiro atoms. The molecule has 1 fully saturated rings. The summed E-state index contributed by atoms with van der Waals surface area (Å²) in [7, 11) is 1.42. The van der Waals surface area contributed by atoms with E-state index in [1.165, 1.54) is 12.7 Å². The lowest BCUT2D eigenvalue weighted by atomic mass is 10.0. The molecule has 0 saturated carbocycles. The van der Waals surface area contributed by atoms with Gasteiger partial charge in [0.15, 0.2) is 0 Å². The maximum absolute atomic E-state index is 11.8. The van der Waals surface area contributed by atoms with Gasteiger partial charge in [-0.25, -0.2) is 4.79 Å². The first-order valence-electron chi connectivity index (χ1n) is 7.83. The average molecular weight is 306 g/mol. The topological polar surface area (TPSA) is 50.8 Å². The first kappa shape index (κ1) is 16.8. The molecule has 2 rings (SSSR count). The minimum atomic E-state index is -0.324. The normalized spacial score (nSPS) is 17.3. The van der Waals surface area contributed by atoms with E-state index in [-0.39, 0.29) is 17.9 Å². The monoisotopic (exact) mass is 306 g/mol. The molecule has 122 valence electrons. The van der Waals surface area contributed by atoms with Crippen LogP contribution in [-0.4, -0.2) is 50.3 Å². The van der Waals surface area contributed by atoms with Gasteiger partial charge in [0.1, 0.15) is 6.04 Å². The highest BCUT2D eigenvalue weighted by atomic mass is 16.5. The van der Waals surface area contributed by atoms with Crippen molar-refractivity contribution in [2.24, 2.45) is 5.92 Å². The summed E-state index contributed by atoms with van der Waals surface area (Å²) in [6, 6.07) is 7.93. The molecule has 0 aromatic heterocycles. The van der Waals surface area contributed by atoms with Crippen molar-refractivity contribution in [2.75, 3.05) is 38.7 Å². The Morgan fingerprint density at radius 1 is 1.27 bits per heavy atom. The number of methoxy groups -OCH3 is 1. The smallest absolute Gasteiger partial charge is 0.328 e. The zero-order valence-electron chi connectivity index (χ0n) is 13.7. The van der Waals surface area contributed by atoms with Crippen molar-refractivity contribution in [1.29, 1.82) is 0 Å². The van der Waals surface area contributed by atoms with Gasteiger partial charge < -0.3 is 14.8 Å². The Bertz CT molecular complexity index is 467. The van der Waals surface area contributed by atoms with Crippen LogP contribution in [0.15, 0.2) is 24.3 Å². The van der Waals surface area contributed by atoms with Crippen molar-refractivity contribution in [2.45, 2.75) is 26.4 Å². The van der Waals surface area contributed by atoms with Crippen molar-refractivity contribution in [3.8, 4) is 0 Å². The minimum Gasteiger partial charge on any atom is -0.467 e. The van der Waals surface area contributed by atoms with Crippen LogP contribution < -0.4 is 5.32 Å². The molecule has 1 aliphatic rings. The van der Waals surface area contributed by atoms with E-state index in [9.17, 15) is 4.79 Å². The number of benzene rings is 1. The van der Waals surface area contributed by atoms with Crippen LogP contribution in [-0.2, 0) is 20.8 Å². The zero-order valence-corrected chi connectivity index (χ0v) is 13.7. The van der Waals surface area contributed by atoms with E-state index in [4.69, 9.17) is 9.47 Å². The van der Waals surface area contributed by atoms with Crippen LogP contribution in [0.25, 0.3) is 0 Å². The molecule has 0 aliphatic carbocycles. The van der Waals surface area contributed by atoms with Crippen LogP contribution in [0.3, 0.4) is 0 Å². The lowest BCUT2D eigenvalue weighted by Gasteiger charge is -2.26. The van der Waals surface area contributed by atoms with Gasteiger partial charge in [0.25, 0.3) is 0 Å². The first-order chi connectivity index (χ1) is 10.6. The molecular weight excluding hydrogens is 280 g/mol. The Balaban J connectivity index is 1.94. The summed E-state index contributed by atoms with van der Waals surface area (Å²) in [4.78, 5) is 14.2. The molecule has 0 radical (unpaired) electrons. The van der Waals surface area contributed by atoms with Crippen molar-refractivity contribution in [3.63, 3.8) is 0 Å². The highest BCUT2D eigenvalue weighted by molar-refractivity contribution is 5.79. The Morgan fingerprint density at radius 3 is 2.45 bits per heavy atom. The molecule has 5 heteroatoms. The fourth-order valence-electron chi connectivity index (χ4n) is 2.53. The van der Waals surface area contributed by atoms with E-state index in [1.807, 2.05) is 26.0 Å². The van der Waals surface area contributed by atoms with E-state index < -0.39 is 0 Å². The zero-order chi connectivity index (χ0) is 15.9. The minimum absolute atomic E-state index is 0.167. The van der Waals surface area contributed by atoms with Gasteiger partial charge in [0, 0.05) is 25.3 Å². The van der Waals surface area contributed by atoms with Gasteiger partial charge in [-0.3, -0.25) is 4.90 Å².